The fraction of sp³-hybridized carbons (Fsp3) is 0. The molecule has 6 nitrogen and oxygen atoms in total. The van der Waals surface area contributed by atoms with E-state index < -0.39 is 0 Å². The minimum absolute atomic E-state index is 0. The van der Waals surface area contributed by atoms with Gasteiger partial charge in [-0.05, 0) is 0 Å². The van der Waals surface area contributed by atoms with Crippen molar-refractivity contribution in [2.45, 2.75) is 0 Å². The molecular weight excluding hydrogens is 257 g/mol. The van der Waals surface area contributed by atoms with Gasteiger partial charge in [0.05, 0.1) is 0 Å². The van der Waals surface area contributed by atoms with Crippen molar-refractivity contribution in [3.05, 3.63) is 0 Å². The summed E-state index contributed by atoms with van der Waals surface area (Å²) in [5.74, 6) is 0. The second-order valence-electron chi connectivity index (χ2n) is 0. The standard InChI is InChI=1S/K.6H2O.Sb.4H/h;6*1H2;;;;;/q+1;;;;;;;;;;;-1. The zero-order chi connectivity index (χ0) is 0. The van der Waals surface area contributed by atoms with Gasteiger partial charge in [-0.3, -0.25) is 0 Å². The van der Waals surface area contributed by atoms with Crippen molar-refractivity contribution in [3.8, 4) is 0 Å². The molecule has 8 heavy (non-hydrogen) atoms. The van der Waals surface area contributed by atoms with E-state index in [0.717, 1.165) is 0 Å². The summed E-state index contributed by atoms with van der Waals surface area (Å²) >= 11 is 0. The molecule has 0 aromatic heterocycles. The fourth-order valence-electron chi connectivity index (χ4n) is 0. The average Bonchev–Trinajstić information content (AvgIpc) is 0. The van der Waals surface area contributed by atoms with Crippen LogP contribution in [0.5, 0.6) is 0 Å². The van der Waals surface area contributed by atoms with Gasteiger partial charge in [0.15, 0.2) is 0 Å². The molecule has 0 heterocycles. The molecule has 0 aromatic carbocycles. The first kappa shape index (κ1) is 177. The molecule has 0 saturated heterocycles. The van der Waals surface area contributed by atoms with Crippen LogP contribution in [-0.4, -0.2) is 57.3 Å². The molecule has 0 aliphatic carbocycles. The van der Waals surface area contributed by atoms with Crippen LogP contribution in [0.4, 0.5) is 0 Å². The number of hydrogen-bond donors (Lipinski definition) is 0. The van der Waals surface area contributed by atoms with Crippen LogP contribution in [-0.2, 0) is 0 Å². The van der Waals surface area contributed by atoms with Gasteiger partial charge in [0.1, 0.15) is 0 Å². The van der Waals surface area contributed by atoms with Gasteiger partial charge in [-0.1, -0.05) is 0 Å². The van der Waals surface area contributed by atoms with E-state index in [4.69, 9.17) is 0 Å². The molecule has 0 amide bonds. The Morgan fingerprint density at radius 1 is 0.500 bits per heavy atom. The Labute approximate surface area is 108 Å². The maximum atomic E-state index is 0. The van der Waals surface area contributed by atoms with Gasteiger partial charge >= 0.3 is 75.8 Å². The molecule has 58 valence electrons. The second kappa shape index (κ2) is 127. The summed E-state index contributed by atoms with van der Waals surface area (Å²) in [6.07, 6.45) is 0. The third kappa shape index (κ3) is 87.2. The monoisotopic (exact) mass is 272 g/mol. The molecule has 0 radical (unpaired) electrons. The molecule has 0 atom stereocenters. The van der Waals surface area contributed by atoms with Gasteiger partial charge in [-0.25, -0.2) is 0 Å². The molecule has 0 rings (SSSR count). The van der Waals surface area contributed by atoms with Gasteiger partial charge in [0.25, 0.3) is 0 Å². The van der Waals surface area contributed by atoms with E-state index in [-0.39, 0.29) is 110 Å². The summed E-state index contributed by atoms with van der Waals surface area (Å²) in [4.78, 5) is 0. The zero-order valence-corrected chi connectivity index (χ0v) is 11.9. The topological polar surface area (TPSA) is 189 Å². The van der Waals surface area contributed by atoms with Gasteiger partial charge in [-0.2, -0.15) is 0 Å². The molecule has 0 unspecified atom stereocenters. The first-order valence-electron chi connectivity index (χ1n) is 0. The summed E-state index contributed by atoms with van der Waals surface area (Å²) in [5, 5.41) is 0. The Morgan fingerprint density at radius 2 is 0.500 bits per heavy atom. The second-order valence-corrected chi connectivity index (χ2v) is 0. The van der Waals surface area contributed by atoms with Gasteiger partial charge < -0.3 is 34.3 Å². The summed E-state index contributed by atoms with van der Waals surface area (Å²) in [6, 6.07) is 0. The molecule has 8 heteroatoms. The van der Waals surface area contributed by atoms with Crippen LogP contribution in [0.3, 0.4) is 0 Å². The average molecular weight is 273 g/mol. The predicted octanol–water partition coefficient (Wildman–Crippen LogP) is -9.02. The number of hydrogen-bond acceptors (Lipinski definition) is 0. The Balaban J connectivity index is 0. The van der Waals surface area contributed by atoms with E-state index in [1.165, 1.54) is 0 Å². The van der Waals surface area contributed by atoms with Crippen molar-refractivity contribution >= 4 is 24.4 Å². The van der Waals surface area contributed by atoms with Crippen LogP contribution in [0.2, 0.25) is 0 Å². The fourth-order valence-corrected chi connectivity index (χ4v) is 0. The van der Waals surface area contributed by atoms with E-state index in [2.05, 4.69) is 0 Å². The van der Waals surface area contributed by atoms with E-state index in [9.17, 15) is 0 Å². The Bertz CT molecular complexity index is 13.0. The van der Waals surface area contributed by atoms with Crippen LogP contribution in [0.1, 0.15) is 1.43 Å². The molecule has 0 bridgehead atoms. The summed E-state index contributed by atoms with van der Waals surface area (Å²) < 4.78 is 0. The Kier molecular flexibility index (Phi) is 2800. The molecule has 0 fully saturated rings. The van der Waals surface area contributed by atoms with Crippen LogP contribution in [0.25, 0.3) is 0 Å². The number of rotatable bonds is 0. The SMILES string of the molecule is O.O.O.O.O.O.[H-].[K+].[SbH3]. The third-order valence-corrected chi connectivity index (χ3v) is 0. The molecular formula is H16KO6Sb. The van der Waals surface area contributed by atoms with Gasteiger partial charge in [-0.15, -0.1) is 0 Å². The quantitative estimate of drug-likeness (QED) is 0.379. The molecule has 12 N–H and O–H groups in total. The first-order chi connectivity index (χ1) is 0. The molecule has 0 saturated carbocycles. The van der Waals surface area contributed by atoms with E-state index in [0.29, 0.717) is 0 Å². The summed E-state index contributed by atoms with van der Waals surface area (Å²) in [5.41, 5.74) is 0. The van der Waals surface area contributed by atoms with Crippen molar-refractivity contribution < 1.29 is 85.7 Å². The molecule has 0 aliphatic heterocycles. The third-order valence-electron chi connectivity index (χ3n) is 0. The molecule has 0 aliphatic rings. The van der Waals surface area contributed by atoms with Crippen molar-refractivity contribution in [2.75, 3.05) is 0 Å². The molecule has 0 aromatic rings. The molecule has 0 spiro atoms. The van der Waals surface area contributed by atoms with Crippen molar-refractivity contribution in [1.29, 1.82) is 0 Å². The van der Waals surface area contributed by atoms with E-state index in [1.807, 2.05) is 0 Å². The summed E-state index contributed by atoms with van der Waals surface area (Å²) in [7, 11) is 0. The normalized spacial score (nSPS) is 0. The van der Waals surface area contributed by atoms with Crippen molar-refractivity contribution in [3.63, 3.8) is 0 Å². The van der Waals surface area contributed by atoms with Crippen molar-refractivity contribution in [1.82, 2.24) is 0 Å². The maximum absolute atomic E-state index is 0. The van der Waals surface area contributed by atoms with Crippen LogP contribution in [0.15, 0.2) is 0 Å². The summed E-state index contributed by atoms with van der Waals surface area (Å²) in [6.45, 7) is 0. The van der Waals surface area contributed by atoms with Crippen molar-refractivity contribution in [2.24, 2.45) is 0 Å². The van der Waals surface area contributed by atoms with Crippen LogP contribution >= 0.6 is 0 Å². The van der Waals surface area contributed by atoms with Gasteiger partial charge in [0, 0.05) is 0 Å². The Hall–Kier alpha value is 2.21. The van der Waals surface area contributed by atoms with Crippen LogP contribution < -0.4 is 51.4 Å². The zero-order valence-electron chi connectivity index (χ0n) is 5.71. The van der Waals surface area contributed by atoms with E-state index in [1.54, 1.807) is 0 Å². The predicted molar refractivity (Wildman–Crippen MR) is 32.7 cm³/mol. The van der Waals surface area contributed by atoms with Crippen LogP contribution in [0, 0.1) is 0 Å². The van der Waals surface area contributed by atoms with Gasteiger partial charge in [0.2, 0.25) is 0 Å². The van der Waals surface area contributed by atoms with E-state index >= 15 is 0 Å². The Morgan fingerprint density at radius 3 is 0.500 bits per heavy atom. The first-order valence-corrected chi connectivity index (χ1v) is 0. The minimum atomic E-state index is 0.